The fraction of sp³-hybridized carbons (Fsp3) is 0.250. The number of urea groups is 1. The zero-order valence-corrected chi connectivity index (χ0v) is 17.2. The Morgan fingerprint density at radius 3 is 2.55 bits per heavy atom. The van der Waals surface area contributed by atoms with Crippen molar-refractivity contribution in [3.05, 3.63) is 69.0 Å². The van der Waals surface area contributed by atoms with Gasteiger partial charge >= 0.3 is 6.03 Å². The van der Waals surface area contributed by atoms with Crippen LogP contribution in [-0.4, -0.2) is 29.3 Å². The van der Waals surface area contributed by atoms with Crippen LogP contribution in [0.5, 0.6) is 0 Å². The number of hydrogen-bond donors (Lipinski definition) is 2. The maximum absolute atomic E-state index is 13.3. The molecule has 1 saturated heterocycles. The molecule has 0 aromatic heterocycles. The highest BCUT2D eigenvalue weighted by molar-refractivity contribution is 6.42. The molecule has 2 N–H and O–H groups in total. The minimum atomic E-state index is -1.36. The smallest absolute Gasteiger partial charge is 0.325 e. The Morgan fingerprint density at radius 2 is 1.90 bits per heavy atom. The lowest BCUT2D eigenvalue weighted by Crippen LogP contribution is -2.43. The molecule has 2 aromatic rings. The van der Waals surface area contributed by atoms with Crippen molar-refractivity contribution >= 4 is 41.0 Å². The molecule has 1 atom stereocenters. The molecule has 0 radical (unpaired) electrons. The number of benzene rings is 2. The minimum absolute atomic E-state index is 0.146. The Morgan fingerprint density at radius 1 is 1.17 bits per heavy atom. The van der Waals surface area contributed by atoms with Crippen molar-refractivity contribution < 1.29 is 18.8 Å². The van der Waals surface area contributed by atoms with E-state index in [1.165, 1.54) is 25.1 Å². The maximum Gasteiger partial charge on any atom is 0.325 e. The van der Waals surface area contributed by atoms with E-state index in [1.807, 2.05) is 0 Å². The molecule has 6 nitrogen and oxygen atoms in total. The van der Waals surface area contributed by atoms with Gasteiger partial charge in [0, 0.05) is 6.54 Å². The molecule has 29 heavy (non-hydrogen) atoms. The molecule has 1 aliphatic heterocycles. The summed E-state index contributed by atoms with van der Waals surface area (Å²) in [6.07, 6.45) is 0. The van der Waals surface area contributed by atoms with Crippen molar-refractivity contribution in [3.8, 4) is 0 Å². The first-order chi connectivity index (χ1) is 13.6. The Kier molecular flexibility index (Phi) is 5.82. The molecule has 4 amide bonds. The summed E-state index contributed by atoms with van der Waals surface area (Å²) in [5.41, 5.74) is 0.257. The predicted octanol–water partition coefficient (Wildman–Crippen LogP) is 3.52. The third-order valence-corrected chi connectivity index (χ3v) is 5.52. The van der Waals surface area contributed by atoms with E-state index in [0.29, 0.717) is 21.7 Å². The Balaban J connectivity index is 1.68. The number of aryl methyl sites for hydroxylation is 1. The molecule has 1 unspecified atom stereocenters. The summed E-state index contributed by atoms with van der Waals surface area (Å²) in [6, 6.07) is 8.43. The highest BCUT2D eigenvalue weighted by Crippen LogP contribution is 2.32. The number of imide groups is 1. The van der Waals surface area contributed by atoms with Gasteiger partial charge in [-0.05, 0) is 48.7 Å². The summed E-state index contributed by atoms with van der Waals surface area (Å²) in [5.74, 6) is -1.43. The van der Waals surface area contributed by atoms with Gasteiger partial charge in [-0.3, -0.25) is 14.5 Å². The van der Waals surface area contributed by atoms with Crippen molar-refractivity contribution in [2.45, 2.75) is 25.9 Å². The third-order valence-electron chi connectivity index (χ3n) is 4.79. The van der Waals surface area contributed by atoms with Gasteiger partial charge in [0.25, 0.3) is 5.91 Å². The quantitative estimate of drug-likeness (QED) is 0.702. The van der Waals surface area contributed by atoms with Crippen LogP contribution in [0.15, 0.2) is 36.4 Å². The average Bonchev–Trinajstić information content (AvgIpc) is 2.89. The van der Waals surface area contributed by atoms with E-state index < -0.39 is 29.9 Å². The highest BCUT2D eigenvalue weighted by atomic mass is 35.5. The summed E-state index contributed by atoms with van der Waals surface area (Å²) in [6.45, 7) is 2.86. The average molecular weight is 438 g/mol. The fourth-order valence-electron chi connectivity index (χ4n) is 3.06. The molecule has 0 spiro atoms. The summed E-state index contributed by atoms with van der Waals surface area (Å²) in [4.78, 5) is 38.3. The molecule has 9 heteroatoms. The van der Waals surface area contributed by atoms with E-state index >= 15 is 0 Å². The van der Waals surface area contributed by atoms with Gasteiger partial charge < -0.3 is 10.6 Å². The number of nitrogens with one attached hydrogen (secondary N) is 2. The van der Waals surface area contributed by atoms with Crippen molar-refractivity contribution in [3.63, 3.8) is 0 Å². The van der Waals surface area contributed by atoms with Crippen LogP contribution in [-0.2, 0) is 21.7 Å². The minimum Gasteiger partial charge on any atom is -0.350 e. The van der Waals surface area contributed by atoms with Crippen LogP contribution in [0.4, 0.5) is 9.18 Å². The normalized spacial score (nSPS) is 18.7. The van der Waals surface area contributed by atoms with E-state index in [0.717, 1.165) is 4.90 Å². The summed E-state index contributed by atoms with van der Waals surface area (Å²) >= 11 is 11.9. The largest absolute Gasteiger partial charge is 0.350 e. The lowest BCUT2D eigenvalue weighted by Gasteiger charge is -2.22. The third kappa shape index (κ3) is 4.21. The summed E-state index contributed by atoms with van der Waals surface area (Å²) in [7, 11) is 0. The first-order valence-corrected chi connectivity index (χ1v) is 9.49. The van der Waals surface area contributed by atoms with E-state index in [4.69, 9.17) is 23.2 Å². The van der Waals surface area contributed by atoms with Crippen LogP contribution < -0.4 is 10.6 Å². The molecule has 1 heterocycles. The molecule has 0 saturated carbocycles. The first-order valence-electron chi connectivity index (χ1n) is 8.73. The number of rotatable bonds is 5. The second kappa shape index (κ2) is 8.00. The Hall–Kier alpha value is -2.64. The predicted molar refractivity (Wildman–Crippen MR) is 107 cm³/mol. The topological polar surface area (TPSA) is 78.5 Å². The highest BCUT2D eigenvalue weighted by Gasteiger charge is 2.49. The molecule has 3 rings (SSSR count). The van der Waals surface area contributed by atoms with Gasteiger partial charge in [0.15, 0.2) is 0 Å². The first kappa shape index (κ1) is 21.1. The fourth-order valence-corrected chi connectivity index (χ4v) is 3.36. The zero-order valence-electron chi connectivity index (χ0n) is 15.7. The lowest BCUT2D eigenvalue weighted by molar-refractivity contribution is -0.134. The number of halogens is 3. The van der Waals surface area contributed by atoms with Crippen molar-refractivity contribution in [2.75, 3.05) is 6.54 Å². The molecule has 1 aliphatic rings. The van der Waals surface area contributed by atoms with E-state index in [-0.39, 0.29) is 17.4 Å². The lowest BCUT2D eigenvalue weighted by atomic mass is 9.92. The van der Waals surface area contributed by atoms with E-state index in [2.05, 4.69) is 10.6 Å². The van der Waals surface area contributed by atoms with Gasteiger partial charge in [0.05, 0.1) is 10.0 Å². The Bertz CT molecular complexity index is 1010. The molecule has 152 valence electrons. The summed E-state index contributed by atoms with van der Waals surface area (Å²) < 4.78 is 13.3. The van der Waals surface area contributed by atoms with Crippen LogP contribution in [0.25, 0.3) is 0 Å². The standard InChI is InChI=1S/C20H18Cl2FN3O3/c1-11-7-12(3-6-16(11)23)9-24-17(27)10-26-18(28)20(2,25-19(26)29)13-4-5-14(21)15(22)8-13/h3-8H,9-10H2,1-2H3,(H,24,27)(H,25,29). The van der Waals surface area contributed by atoms with Gasteiger partial charge in [0.2, 0.25) is 5.91 Å². The number of carbonyl (C=O) groups excluding carboxylic acids is 3. The molecule has 0 aliphatic carbocycles. The van der Waals surface area contributed by atoms with Crippen molar-refractivity contribution in [2.24, 2.45) is 0 Å². The molecule has 2 aromatic carbocycles. The van der Waals surface area contributed by atoms with Crippen LogP contribution >= 0.6 is 23.2 Å². The van der Waals surface area contributed by atoms with Gasteiger partial charge in [-0.1, -0.05) is 41.4 Å². The summed E-state index contributed by atoms with van der Waals surface area (Å²) in [5, 5.41) is 5.79. The second-order valence-electron chi connectivity index (χ2n) is 6.94. The molecule has 1 fully saturated rings. The van der Waals surface area contributed by atoms with Gasteiger partial charge in [-0.25, -0.2) is 9.18 Å². The number of hydrogen-bond acceptors (Lipinski definition) is 3. The van der Waals surface area contributed by atoms with Gasteiger partial charge in [-0.15, -0.1) is 0 Å². The van der Waals surface area contributed by atoms with E-state index in [1.54, 1.807) is 25.1 Å². The maximum atomic E-state index is 13.3. The van der Waals surface area contributed by atoms with E-state index in [9.17, 15) is 18.8 Å². The SMILES string of the molecule is Cc1cc(CNC(=O)CN2C(=O)NC(C)(c3ccc(Cl)c(Cl)c3)C2=O)ccc1F. The van der Waals surface area contributed by atoms with Gasteiger partial charge in [0.1, 0.15) is 17.9 Å². The number of nitrogens with zero attached hydrogens (tertiary/aromatic N) is 1. The molecule has 0 bridgehead atoms. The van der Waals surface area contributed by atoms with Crippen LogP contribution in [0, 0.1) is 12.7 Å². The molecular weight excluding hydrogens is 420 g/mol. The van der Waals surface area contributed by atoms with Crippen LogP contribution in [0.1, 0.15) is 23.6 Å². The molecular formula is C20H18Cl2FN3O3. The van der Waals surface area contributed by atoms with Crippen LogP contribution in [0.3, 0.4) is 0 Å². The van der Waals surface area contributed by atoms with Crippen molar-refractivity contribution in [1.82, 2.24) is 15.5 Å². The van der Waals surface area contributed by atoms with Gasteiger partial charge in [-0.2, -0.15) is 0 Å². The van der Waals surface area contributed by atoms with Crippen LogP contribution in [0.2, 0.25) is 10.0 Å². The second-order valence-corrected chi connectivity index (χ2v) is 7.75. The number of amides is 4. The monoisotopic (exact) mass is 437 g/mol. The Labute approximate surface area is 177 Å². The number of carbonyl (C=O) groups is 3. The van der Waals surface area contributed by atoms with Crippen molar-refractivity contribution in [1.29, 1.82) is 0 Å². The zero-order chi connectivity index (χ0) is 21.3.